The first-order chi connectivity index (χ1) is 17.4. The summed E-state index contributed by atoms with van der Waals surface area (Å²) in [5, 5.41) is 0. The van der Waals surface area contributed by atoms with Crippen LogP contribution >= 0.6 is 0 Å². The number of aryl methyl sites for hydroxylation is 2. The number of hydrogen-bond donors (Lipinski definition) is 1. The standard InChI is InChI=1S/C16H19N3O2.C9H9F3N2O2/c1-12-14(4-3-5-17-12)13-10-15(18(2)16(20)11-13)19-6-8-21-9-7-19;1-2-14-4-5(7(13)15)3-6(8(14)16)9(10,11)12/h3-5,10-11H,6-9H2,1-2H3;3-4H,2H2,1H3,(H2,13,15). The highest BCUT2D eigenvalue weighted by Gasteiger charge is 2.35. The number of carbonyl (C=O) groups is 1. The van der Waals surface area contributed by atoms with Gasteiger partial charge in [-0.05, 0) is 37.6 Å². The molecule has 0 unspecified atom stereocenters. The van der Waals surface area contributed by atoms with E-state index in [1.165, 1.54) is 6.92 Å². The smallest absolute Gasteiger partial charge is 0.378 e. The van der Waals surface area contributed by atoms with Crippen LogP contribution in [0.4, 0.5) is 19.0 Å². The molecule has 198 valence electrons. The van der Waals surface area contributed by atoms with Gasteiger partial charge in [-0.25, -0.2) is 0 Å². The van der Waals surface area contributed by atoms with Gasteiger partial charge in [0.15, 0.2) is 0 Å². The maximum atomic E-state index is 12.4. The van der Waals surface area contributed by atoms with E-state index in [1.54, 1.807) is 16.8 Å². The fourth-order valence-corrected chi connectivity index (χ4v) is 3.87. The van der Waals surface area contributed by atoms with Gasteiger partial charge in [0.2, 0.25) is 5.91 Å². The molecule has 12 heteroatoms. The van der Waals surface area contributed by atoms with Crippen LogP contribution in [0.1, 0.15) is 28.5 Å². The third kappa shape index (κ3) is 6.45. The summed E-state index contributed by atoms with van der Waals surface area (Å²) in [7, 11) is 1.81. The number of nitrogens with two attached hydrogens (primary N) is 1. The highest BCUT2D eigenvalue weighted by molar-refractivity contribution is 5.92. The molecule has 0 aromatic carbocycles. The van der Waals surface area contributed by atoms with Crippen LogP contribution in [0.2, 0.25) is 0 Å². The minimum absolute atomic E-state index is 0.00255. The van der Waals surface area contributed by atoms with Crippen molar-refractivity contribution in [1.82, 2.24) is 14.1 Å². The van der Waals surface area contributed by atoms with Gasteiger partial charge in [-0.3, -0.25) is 23.9 Å². The van der Waals surface area contributed by atoms with Gasteiger partial charge in [0.25, 0.3) is 11.1 Å². The molecule has 9 nitrogen and oxygen atoms in total. The minimum atomic E-state index is -4.79. The number of ether oxygens (including phenoxy) is 1. The van der Waals surface area contributed by atoms with Gasteiger partial charge >= 0.3 is 6.18 Å². The summed E-state index contributed by atoms with van der Waals surface area (Å²) in [5.74, 6) is -0.0725. The maximum Gasteiger partial charge on any atom is 0.421 e. The lowest BCUT2D eigenvalue weighted by Gasteiger charge is -2.30. The van der Waals surface area contributed by atoms with Crippen molar-refractivity contribution in [3.63, 3.8) is 0 Å². The summed E-state index contributed by atoms with van der Waals surface area (Å²) >= 11 is 0. The molecule has 0 spiro atoms. The summed E-state index contributed by atoms with van der Waals surface area (Å²) in [4.78, 5) is 40.9. The number of carbonyl (C=O) groups excluding carboxylic acids is 1. The Morgan fingerprint density at radius 3 is 2.41 bits per heavy atom. The number of morpholine rings is 1. The van der Waals surface area contributed by atoms with Crippen molar-refractivity contribution < 1.29 is 22.7 Å². The SMILES string of the molecule is CCn1cc(C(N)=O)cc(C(F)(F)F)c1=O.Cc1ncccc1-c1cc(N2CCOCC2)n(C)c(=O)c1. The first-order valence-corrected chi connectivity index (χ1v) is 11.5. The Bertz CT molecular complexity index is 1390. The third-order valence-corrected chi connectivity index (χ3v) is 5.91. The number of primary amides is 1. The quantitative estimate of drug-likeness (QED) is 0.567. The van der Waals surface area contributed by atoms with E-state index >= 15 is 0 Å². The fraction of sp³-hybridized carbons (Fsp3) is 0.360. The van der Waals surface area contributed by atoms with Crippen LogP contribution in [-0.4, -0.2) is 46.3 Å². The molecule has 1 aliphatic heterocycles. The Hall–Kier alpha value is -3.93. The molecular weight excluding hydrogens is 491 g/mol. The van der Waals surface area contributed by atoms with Crippen LogP contribution in [0.5, 0.6) is 0 Å². The van der Waals surface area contributed by atoms with Crippen molar-refractivity contribution in [3.05, 3.63) is 80.3 Å². The van der Waals surface area contributed by atoms with Gasteiger partial charge < -0.3 is 19.9 Å². The molecule has 0 bridgehead atoms. The van der Waals surface area contributed by atoms with E-state index in [4.69, 9.17) is 10.5 Å². The van der Waals surface area contributed by atoms with Gasteiger partial charge in [-0.15, -0.1) is 0 Å². The number of amides is 1. The van der Waals surface area contributed by atoms with E-state index in [0.29, 0.717) is 19.3 Å². The van der Waals surface area contributed by atoms with Crippen molar-refractivity contribution in [1.29, 1.82) is 0 Å². The van der Waals surface area contributed by atoms with Gasteiger partial charge in [-0.2, -0.15) is 13.2 Å². The summed E-state index contributed by atoms with van der Waals surface area (Å²) in [6.07, 6.45) is -2.01. The van der Waals surface area contributed by atoms with E-state index in [0.717, 1.165) is 46.5 Å². The lowest BCUT2D eigenvalue weighted by atomic mass is 10.1. The molecule has 1 amide bonds. The normalized spacial score (nSPS) is 13.6. The maximum absolute atomic E-state index is 12.4. The molecule has 2 N–H and O–H groups in total. The molecule has 0 radical (unpaired) electrons. The van der Waals surface area contributed by atoms with Gasteiger partial charge in [0.1, 0.15) is 11.4 Å². The number of aromatic nitrogens is 3. The number of hydrogen-bond acceptors (Lipinski definition) is 6. The van der Waals surface area contributed by atoms with Gasteiger partial charge in [-0.1, -0.05) is 6.07 Å². The zero-order valence-corrected chi connectivity index (χ0v) is 20.7. The molecule has 0 aliphatic carbocycles. The summed E-state index contributed by atoms with van der Waals surface area (Å²) in [6, 6.07) is 8.11. The summed E-state index contributed by atoms with van der Waals surface area (Å²) in [5.41, 5.74) is 4.83. The Kier molecular flexibility index (Phi) is 8.53. The highest BCUT2D eigenvalue weighted by Crippen LogP contribution is 2.27. The van der Waals surface area contributed by atoms with Crippen LogP contribution in [-0.2, 0) is 24.5 Å². The molecular formula is C25H28F3N5O4. The van der Waals surface area contributed by atoms with Crippen LogP contribution in [0.15, 0.2) is 52.3 Å². The first kappa shape index (κ1) is 27.7. The third-order valence-electron chi connectivity index (χ3n) is 5.91. The fourth-order valence-electron chi connectivity index (χ4n) is 3.87. The molecule has 0 saturated carbocycles. The van der Waals surface area contributed by atoms with Crippen LogP contribution in [0, 0.1) is 6.92 Å². The summed E-state index contributed by atoms with van der Waals surface area (Å²) < 4.78 is 45.2. The average molecular weight is 520 g/mol. The lowest BCUT2D eigenvalue weighted by molar-refractivity contribution is -0.139. The Balaban J connectivity index is 0.000000214. The Morgan fingerprint density at radius 2 is 1.84 bits per heavy atom. The molecule has 1 saturated heterocycles. The van der Waals surface area contributed by atoms with Crippen molar-refractivity contribution in [3.8, 4) is 11.1 Å². The van der Waals surface area contributed by atoms with E-state index in [2.05, 4.69) is 16.0 Å². The second-order valence-corrected chi connectivity index (χ2v) is 8.33. The predicted molar refractivity (Wildman–Crippen MR) is 133 cm³/mol. The molecule has 3 aromatic rings. The van der Waals surface area contributed by atoms with Gasteiger partial charge in [0.05, 0.1) is 18.8 Å². The van der Waals surface area contributed by atoms with Crippen LogP contribution in [0.3, 0.4) is 0 Å². The lowest BCUT2D eigenvalue weighted by Crippen LogP contribution is -2.39. The first-order valence-electron chi connectivity index (χ1n) is 11.5. The largest absolute Gasteiger partial charge is 0.421 e. The van der Waals surface area contributed by atoms with Gasteiger partial charge in [0, 0.05) is 56.4 Å². The number of halogens is 3. The predicted octanol–water partition coefficient (Wildman–Crippen LogP) is 2.58. The molecule has 37 heavy (non-hydrogen) atoms. The number of pyridine rings is 3. The average Bonchev–Trinajstić information content (AvgIpc) is 2.86. The molecule has 1 aliphatic rings. The molecule has 0 atom stereocenters. The van der Waals surface area contributed by atoms with E-state index < -0.39 is 23.2 Å². The number of rotatable bonds is 4. The number of alkyl halides is 3. The van der Waals surface area contributed by atoms with Crippen molar-refractivity contribution in [2.24, 2.45) is 12.8 Å². The van der Waals surface area contributed by atoms with Crippen LogP contribution in [0.25, 0.3) is 11.1 Å². The number of anilines is 1. The molecule has 1 fully saturated rings. The van der Waals surface area contributed by atoms with E-state index in [9.17, 15) is 27.6 Å². The molecule has 4 rings (SSSR count). The second kappa shape index (κ2) is 11.4. The van der Waals surface area contributed by atoms with Crippen molar-refractivity contribution >= 4 is 11.7 Å². The van der Waals surface area contributed by atoms with E-state index in [-0.39, 0.29) is 17.7 Å². The molecule has 4 heterocycles. The van der Waals surface area contributed by atoms with E-state index in [1.807, 2.05) is 26.1 Å². The minimum Gasteiger partial charge on any atom is -0.378 e. The highest BCUT2D eigenvalue weighted by atomic mass is 19.4. The second-order valence-electron chi connectivity index (χ2n) is 8.33. The topological polar surface area (TPSA) is 112 Å². The monoisotopic (exact) mass is 519 g/mol. The van der Waals surface area contributed by atoms with Crippen molar-refractivity contribution in [2.75, 3.05) is 31.2 Å². The Labute approximate surface area is 210 Å². The summed E-state index contributed by atoms with van der Waals surface area (Å²) in [6.45, 7) is 6.50. The number of nitrogens with zero attached hydrogens (tertiary/aromatic N) is 4. The van der Waals surface area contributed by atoms with Crippen LogP contribution < -0.4 is 21.8 Å². The molecule has 3 aromatic heterocycles. The zero-order chi connectivity index (χ0) is 27.3. The zero-order valence-electron chi connectivity index (χ0n) is 20.7. The Morgan fingerprint density at radius 1 is 1.16 bits per heavy atom. The van der Waals surface area contributed by atoms with Crippen molar-refractivity contribution in [2.45, 2.75) is 26.6 Å².